The summed E-state index contributed by atoms with van der Waals surface area (Å²) in [5.41, 5.74) is -0.329. The molecule has 0 heterocycles. The van der Waals surface area contributed by atoms with Gasteiger partial charge in [0.15, 0.2) is 0 Å². The van der Waals surface area contributed by atoms with Gasteiger partial charge in [0.1, 0.15) is 5.75 Å². The van der Waals surface area contributed by atoms with E-state index in [9.17, 15) is 23.1 Å². The Kier molecular flexibility index (Phi) is 4.98. The van der Waals surface area contributed by atoms with Crippen molar-refractivity contribution in [2.75, 3.05) is 6.61 Å². The smallest absolute Gasteiger partial charge is 0.416 e. The molecule has 3 nitrogen and oxygen atoms in total. The number of carbonyl (C=O) groups is 1. The summed E-state index contributed by atoms with van der Waals surface area (Å²) in [6.07, 6.45) is -1.89. The van der Waals surface area contributed by atoms with Crippen LogP contribution < -0.4 is 0 Å². The van der Waals surface area contributed by atoms with E-state index in [1.54, 1.807) is 6.92 Å². The van der Waals surface area contributed by atoms with Gasteiger partial charge >= 0.3 is 12.1 Å². The fourth-order valence-electron chi connectivity index (χ4n) is 2.97. The lowest BCUT2D eigenvalue weighted by Crippen LogP contribution is -2.23. The van der Waals surface area contributed by atoms with Crippen molar-refractivity contribution in [3.8, 4) is 5.75 Å². The van der Waals surface area contributed by atoms with Crippen LogP contribution in [0.15, 0.2) is 18.2 Å². The Labute approximate surface area is 127 Å². The van der Waals surface area contributed by atoms with Crippen LogP contribution in [0.25, 0.3) is 0 Å². The second kappa shape index (κ2) is 6.58. The van der Waals surface area contributed by atoms with Crippen molar-refractivity contribution in [2.45, 2.75) is 44.7 Å². The second-order valence-electron chi connectivity index (χ2n) is 5.57. The minimum absolute atomic E-state index is 0.0204. The van der Waals surface area contributed by atoms with Crippen LogP contribution in [0.1, 0.15) is 49.7 Å². The van der Waals surface area contributed by atoms with Crippen molar-refractivity contribution >= 4 is 5.97 Å². The van der Waals surface area contributed by atoms with Crippen molar-refractivity contribution in [1.82, 2.24) is 0 Å². The Morgan fingerprint density at radius 2 is 1.91 bits per heavy atom. The number of benzene rings is 1. The van der Waals surface area contributed by atoms with Gasteiger partial charge in [-0.05, 0) is 56.2 Å². The standard InChI is InChI=1S/C16H19F3O3/c1-2-22-15(21)11-5-3-10(4-6-11)13-8-7-12(9-14(13)20)16(17,18)19/h7-11,20H,2-6H2,1H3. The Hall–Kier alpha value is -1.72. The number of alkyl halides is 3. The summed E-state index contributed by atoms with van der Waals surface area (Å²) in [4.78, 5) is 11.7. The molecule has 1 aromatic rings. The SMILES string of the molecule is CCOC(=O)C1CCC(c2ccc(C(F)(F)F)cc2O)CC1. The summed E-state index contributed by atoms with van der Waals surface area (Å²) >= 11 is 0. The maximum absolute atomic E-state index is 12.6. The van der Waals surface area contributed by atoms with E-state index in [0.29, 0.717) is 37.9 Å². The molecule has 122 valence electrons. The summed E-state index contributed by atoms with van der Waals surface area (Å²) in [7, 11) is 0. The fourth-order valence-corrected chi connectivity index (χ4v) is 2.97. The third-order valence-corrected chi connectivity index (χ3v) is 4.14. The van der Waals surface area contributed by atoms with Gasteiger partial charge in [-0.2, -0.15) is 13.2 Å². The Morgan fingerprint density at radius 1 is 1.27 bits per heavy atom. The topological polar surface area (TPSA) is 46.5 Å². The molecule has 0 unspecified atom stereocenters. The molecule has 2 rings (SSSR count). The number of halogens is 3. The molecule has 1 N–H and O–H groups in total. The first kappa shape index (κ1) is 16.6. The Bertz CT molecular complexity index is 532. The molecule has 1 aromatic carbocycles. The molecule has 0 saturated heterocycles. The number of phenolic OH excluding ortho intramolecular Hbond substituents is 1. The quantitative estimate of drug-likeness (QED) is 0.848. The Morgan fingerprint density at radius 3 is 2.41 bits per heavy atom. The number of aromatic hydroxyl groups is 1. The van der Waals surface area contributed by atoms with Crippen LogP contribution in [-0.2, 0) is 15.7 Å². The van der Waals surface area contributed by atoms with E-state index in [2.05, 4.69) is 0 Å². The highest BCUT2D eigenvalue weighted by molar-refractivity contribution is 5.72. The zero-order chi connectivity index (χ0) is 16.3. The first-order valence-corrected chi connectivity index (χ1v) is 7.39. The number of ether oxygens (including phenoxy) is 1. The molecule has 1 fully saturated rings. The minimum atomic E-state index is -4.46. The summed E-state index contributed by atoms with van der Waals surface area (Å²) in [6, 6.07) is 3.10. The molecular formula is C16H19F3O3. The van der Waals surface area contributed by atoms with Crippen molar-refractivity contribution in [2.24, 2.45) is 5.92 Å². The van der Waals surface area contributed by atoms with Crippen LogP contribution in [0.3, 0.4) is 0 Å². The van der Waals surface area contributed by atoms with Crippen LogP contribution in [0, 0.1) is 5.92 Å². The van der Waals surface area contributed by atoms with Crippen LogP contribution in [0.4, 0.5) is 13.2 Å². The fraction of sp³-hybridized carbons (Fsp3) is 0.562. The Balaban J connectivity index is 2.04. The molecule has 0 aliphatic heterocycles. The third kappa shape index (κ3) is 3.72. The zero-order valence-corrected chi connectivity index (χ0v) is 12.3. The lowest BCUT2D eigenvalue weighted by Gasteiger charge is -2.28. The van der Waals surface area contributed by atoms with Crippen molar-refractivity contribution in [1.29, 1.82) is 0 Å². The van der Waals surface area contributed by atoms with Crippen molar-refractivity contribution < 1.29 is 27.8 Å². The highest BCUT2D eigenvalue weighted by atomic mass is 19.4. The third-order valence-electron chi connectivity index (χ3n) is 4.14. The normalized spacial score (nSPS) is 22.4. The lowest BCUT2D eigenvalue weighted by molar-refractivity contribution is -0.149. The van der Waals surface area contributed by atoms with Gasteiger partial charge in [0.25, 0.3) is 0 Å². The average Bonchev–Trinajstić information content (AvgIpc) is 2.46. The van der Waals surface area contributed by atoms with E-state index in [4.69, 9.17) is 4.74 Å². The molecule has 0 bridgehead atoms. The summed E-state index contributed by atoms with van der Waals surface area (Å²) in [6.45, 7) is 2.10. The number of carbonyl (C=O) groups excluding carboxylic acids is 1. The number of hydrogen-bond donors (Lipinski definition) is 1. The van der Waals surface area contributed by atoms with E-state index < -0.39 is 11.7 Å². The monoisotopic (exact) mass is 316 g/mol. The predicted molar refractivity (Wildman–Crippen MR) is 74.4 cm³/mol. The molecule has 0 aromatic heterocycles. The highest BCUT2D eigenvalue weighted by Gasteiger charge is 2.33. The van der Waals surface area contributed by atoms with Gasteiger partial charge in [-0.15, -0.1) is 0 Å². The van der Waals surface area contributed by atoms with Crippen LogP contribution in [-0.4, -0.2) is 17.7 Å². The number of rotatable bonds is 3. The molecule has 0 atom stereocenters. The molecule has 22 heavy (non-hydrogen) atoms. The van der Waals surface area contributed by atoms with Crippen LogP contribution in [0.2, 0.25) is 0 Å². The molecule has 1 aliphatic carbocycles. The van der Waals surface area contributed by atoms with Crippen LogP contribution >= 0.6 is 0 Å². The number of esters is 1. The maximum atomic E-state index is 12.6. The van der Waals surface area contributed by atoms with E-state index in [-0.39, 0.29) is 23.6 Å². The molecule has 1 aliphatic rings. The van der Waals surface area contributed by atoms with Gasteiger partial charge in [-0.3, -0.25) is 4.79 Å². The van der Waals surface area contributed by atoms with E-state index >= 15 is 0 Å². The van der Waals surface area contributed by atoms with Gasteiger partial charge in [-0.1, -0.05) is 6.07 Å². The molecule has 0 radical (unpaired) electrons. The van der Waals surface area contributed by atoms with Gasteiger partial charge in [0.05, 0.1) is 18.1 Å². The zero-order valence-electron chi connectivity index (χ0n) is 12.3. The first-order chi connectivity index (χ1) is 10.3. The minimum Gasteiger partial charge on any atom is -0.508 e. The lowest BCUT2D eigenvalue weighted by atomic mass is 9.78. The van der Waals surface area contributed by atoms with E-state index in [1.165, 1.54) is 6.07 Å². The molecular weight excluding hydrogens is 297 g/mol. The molecule has 1 saturated carbocycles. The van der Waals surface area contributed by atoms with Crippen molar-refractivity contribution in [3.05, 3.63) is 29.3 Å². The molecule has 0 amide bonds. The number of hydrogen-bond acceptors (Lipinski definition) is 3. The predicted octanol–water partition coefficient (Wildman–Crippen LogP) is 4.25. The van der Waals surface area contributed by atoms with Gasteiger partial charge in [0.2, 0.25) is 0 Å². The molecule has 6 heteroatoms. The first-order valence-electron chi connectivity index (χ1n) is 7.39. The van der Waals surface area contributed by atoms with Crippen molar-refractivity contribution in [3.63, 3.8) is 0 Å². The van der Waals surface area contributed by atoms with Gasteiger partial charge in [-0.25, -0.2) is 0 Å². The number of phenols is 1. The summed E-state index contributed by atoms with van der Waals surface area (Å²) in [5.74, 6) is -0.701. The average molecular weight is 316 g/mol. The van der Waals surface area contributed by atoms with Gasteiger partial charge in [0, 0.05) is 0 Å². The van der Waals surface area contributed by atoms with E-state index in [1.807, 2.05) is 0 Å². The maximum Gasteiger partial charge on any atom is 0.416 e. The highest BCUT2D eigenvalue weighted by Crippen LogP contribution is 2.41. The van der Waals surface area contributed by atoms with Gasteiger partial charge < -0.3 is 9.84 Å². The molecule has 0 spiro atoms. The largest absolute Gasteiger partial charge is 0.508 e. The van der Waals surface area contributed by atoms with E-state index in [0.717, 1.165) is 12.1 Å². The summed E-state index contributed by atoms with van der Waals surface area (Å²) in [5, 5.41) is 9.87. The van der Waals surface area contributed by atoms with Crippen LogP contribution in [0.5, 0.6) is 5.75 Å². The second-order valence-corrected chi connectivity index (χ2v) is 5.57. The summed E-state index contributed by atoms with van der Waals surface area (Å²) < 4.78 is 42.8.